The zero-order valence-corrected chi connectivity index (χ0v) is 11.6. The monoisotopic (exact) mass is 339 g/mol. The van der Waals surface area contributed by atoms with Crippen molar-refractivity contribution in [1.29, 1.82) is 5.26 Å². The molecule has 0 aromatic heterocycles. The number of aliphatic imine (C=N–C) groups is 1. The van der Waals surface area contributed by atoms with E-state index in [0.717, 1.165) is 17.8 Å². The second-order valence-electron chi connectivity index (χ2n) is 2.67. The van der Waals surface area contributed by atoms with Crippen LogP contribution in [0.1, 0.15) is 0 Å². The van der Waals surface area contributed by atoms with Crippen molar-refractivity contribution in [3.63, 3.8) is 0 Å². The Morgan fingerprint density at radius 2 is 2.29 bits per heavy atom. The van der Waals surface area contributed by atoms with E-state index in [9.17, 15) is 8.78 Å². The summed E-state index contributed by atoms with van der Waals surface area (Å²) in [7, 11) is 0. The number of hydrogen-bond donors (Lipinski definition) is 1. The summed E-state index contributed by atoms with van der Waals surface area (Å²) in [5.41, 5.74) is 0.0256. The molecule has 0 saturated carbocycles. The Balaban J connectivity index is 3.33. The molecule has 1 rings (SSSR count). The number of hydrogen-bond acceptors (Lipinski definition) is 3. The normalized spacial score (nSPS) is 11.2. The molecular formula is C9H5BrClF2N3S. The first-order valence-electron chi connectivity index (χ1n) is 4.12. The first kappa shape index (κ1) is 14.2. The minimum atomic E-state index is -1.17. The van der Waals surface area contributed by atoms with Crippen molar-refractivity contribution in [3.8, 4) is 6.19 Å². The van der Waals surface area contributed by atoms with Gasteiger partial charge in [-0.05, 0) is 28.3 Å². The number of benzene rings is 1. The lowest BCUT2D eigenvalue weighted by Gasteiger charge is -2.06. The molecule has 17 heavy (non-hydrogen) atoms. The van der Waals surface area contributed by atoms with Crippen LogP contribution >= 0.6 is 39.3 Å². The van der Waals surface area contributed by atoms with Gasteiger partial charge in [0.25, 0.3) is 0 Å². The molecule has 0 fully saturated rings. The number of thioether (sulfide) groups is 1. The predicted molar refractivity (Wildman–Crippen MR) is 68.4 cm³/mol. The molecule has 0 aliphatic rings. The molecule has 90 valence electrons. The highest BCUT2D eigenvalue weighted by Gasteiger charge is 2.16. The van der Waals surface area contributed by atoms with Crippen LogP contribution in [0.15, 0.2) is 15.5 Å². The van der Waals surface area contributed by atoms with Crippen molar-refractivity contribution in [3.05, 3.63) is 27.2 Å². The van der Waals surface area contributed by atoms with Crippen molar-refractivity contribution < 1.29 is 8.78 Å². The molecule has 3 nitrogen and oxygen atoms in total. The summed E-state index contributed by atoms with van der Waals surface area (Å²) in [4.78, 5) is 3.93. The van der Waals surface area contributed by atoms with E-state index in [4.69, 9.17) is 16.9 Å². The molecule has 0 spiro atoms. The van der Waals surface area contributed by atoms with E-state index < -0.39 is 16.7 Å². The first-order valence-corrected chi connectivity index (χ1v) is 6.51. The van der Waals surface area contributed by atoms with Crippen molar-refractivity contribution in [1.82, 2.24) is 5.32 Å². The highest BCUT2D eigenvalue weighted by atomic mass is 79.9. The second kappa shape index (κ2) is 6.19. The fraction of sp³-hybridized carbons (Fsp3) is 0.111. The van der Waals surface area contributed by atoms with E-state index in [0.29, 0.717) is 0 Å². The summed E-state index contributed by atoms with van der Waals surface area (Å²) >= 11 is 9.79. The van der Waals surface area contributed by atoms with Gasteiger partial charge in [0.15, 0.2) is 23.0 Å². The van der Waals surface area contributed by atoms with Crippen LogP contribution < -0.4 is 5.32 Å². The topological polar surface area (TPSA) is 48.2 Å². The molecule has 0 radical (unpaired) electrons. The van der Waals surface area contributed by atoms with Crippen LogP contribution in [0.3, 0.4) is 0 Å². The van der Waals surface area contributed by atoms with Gasteiger partial charge in [-0.1, -0.05) is 23.4 Å². The van der Waals surface area contributed by atoms with Gasteiger partial charge >= 0.3 is 0 Å². The minimum absolute atomic E-state index is 0.0256. The van der Waals surface area contributed by atoms with E-state index in [1.807, 2.05) is 0 Å². The Morgan fingerprint density at radius 1 is 1.65 bits per heavy atom. The summed E-state index contributed by atoms with van der Waals surface area (Å²) in [6.45, 7) is 0. The molecule has 1 aromatic rings. The van der Waals surface area contributed by atoms with Gasteiger partial charge in [-0.25, -0.2) is 13.8 Å². The van der Waals surface area contributed by atoms with Gasteiger partial charge in [0.05, 0.1) is 0 Å². The van der Waals surface area contributed by atoms with Crippen molar-refractivity contribution in [2.75, 3.05) is 6.26 Å². The van der Waals surface area contributed by atoms with Gasteiger partial charge in [-0.2, -0.15) is 5.26 Å². The molecule has 0 bridgehead atoms. The maximum atomic E-state index is 13.2. The molecule has 0 unspecified atom stereocenters. The Kier molecular flexibility index (Phi) is 5.18. The van der Waals surface area contributed by atoms with Gasteiger partial charge < -0.3 is 0 Å². The Morgan fingerprint density at radius 3 is 2.82 bits per heavy atom. The van der Waals surface area contributed by atoms with E-state index in [2.05, 4.69) is 26.2 Å². The summed E-state index contributed by atoms with van der Waals surface area (Å²) in [5, 5.41) is 10.5. The Bertz CT molecular complexity index is 516. The molecule has 1 aromatic carbocycles. The minimum Gasteiger partial charge on any atom is -0.271 e. The van der Waals surface area contributed by atoms with Crippen LogP contribution in [0.4, 0.5) is 14.5 Å². The summed E-state index contributed by atoms with van der Waals surface area (Å²) in [6.07, 6.45) is 3.35. The van der Waals surface area contributed by atoms with Gasteiger partial charge in [0, 0.05) is 4.47 Å². The van der Waals surface area contributed by atoms with Crippen molar-refractivity contribution in [2.45, 2.75) is 0 Å². The third-order valence-electron chi connectivity index (χ3n) is 1.66. The lowest BCUT2D eigenvalue weighted by Crippen LogP contribution is -2.12. The Hall–Kier alpha value is -0.840. The van der Waals surface area contributed by atoms with Crippen LogP contribution in [-0.2, 0) is 0 Å². The number of halogens is 4. The molecule has 8 heteroatoms. The van der Waals surface area contributed by atoms with E-state index in [-0.39, 0.29) is 15.3 Å². The van der Waals surface area contributed by atoms with Crippen molar-refractivity contribution >= 4 is 50.1 Å². The quantitative estimate of drug-likeness (QED) is 0.211. The lowest BCUT2D eigenvalue weighted by molar-refractivity contribution is 0.508. The van der Waals surface area contributed by atoms with Gasteiger partial charge in [-0.3, -0.25) is 5.32 Å². The maximum absolute atomic E-state index is 13.2. The number of rotatable bonds is 1. The van der Waals surface area contributed by atoms with Gasteiger partial charge in [-0.15, -0.1) is 0 Å². The number of amidine groups is 1. The molecule has 0 atom stereocenters. The molecule has 0 amide bonds. The zero-order valence-electron chi connectivity index (χ0n) is 8.39. The smallest absolute Gasteiger partial charge is 0.183 e. The zero-order chi connectivity index (χ0) is 13.0. The van der Waals surface area contributed by atoms with Gasteiger partial charge in [0.2, 0.25) is 0 Å². The standard InChI is InChI=1S/C9H5BrClF2N3S/c1-17-9(15-3-14)16-8-4(10)2-5(12)7(13)6(8)11/h2H,1H3,(H,15,16). The number of nitrogens with one attached hydrogen (secondary N) is 1. The van der Waals surface area contributed by atoms with Gasteiger partial charge in [0.1, 0.15) is 10.7 Å². The molecular weight excluding hydrogens is 336 g/mol. The molecule has 0 aliphatic carbocycles. The average Bonchev–Trinajstić information content (AvgIpc) is 2.30. The van der Waals surface area contributed by atoms with E-state index in [1.165, 1.54) is 0 Å². The summed E-state index contributed by atoms with van der Waals surface area (Å²) in [5.74, 6) is -2.24. The number of nitrogens with zero attached hydrogens (tertiary/aromatic N) is 2. The van der Waals surface area contributed by atoms with E-state index in [1.54, 1.807) is 12.4 Å². The third kappa shape index (κ3) is 3.31. The fourth-order valence-corrected chi connectivity index (χ4v) is 2.10. The lowest BCUT2D eigenvalue weighted by atomic mass is 10.3. The highest BCUT2D eigenvalue weighted by molar-refractivity contribution is 9.10. The maximum Gasteiger partial charge on any atom is 0.183 e. The molecule has 0 saturated heterocycles. The van der Waals surface area contributed by atoms with E-state index >= 15 is 0 Å². The summed E-state index contributed by atoms with van der Waals surface area (Å²) in [6, 6.07) is 0.921. The summed E-state index contributed by atoms with van der Waals surface area (Å²) < 4.78 is 26.4. The molecule has 0 aliphatic heterocycles. The van der Waals surface area contributed by atoms with Crippen LogP contribution in [0.5, 0.6) is 0 Å². The Labute approximate surface area is 114 Å². The molecule has 1 N–H and O–H groups in total. The van der Waals surface area contributed by atoms with Crippen LogP contribution in [0, 0.1) is 23.1 Å². The average molecular weight is 341 g/mol. The van der Waals surface area contributed by atoms with Crippen LogP contribution in [0.2, 0.25) is 5.02 Å². The second-order valence-corrected chi connectivity index (χ2v) is 4.70. The predicted octanol–water partition coefficient (Wildman–Crippen LogP) is 3.80. The third-order valence-corrected chi connectivity index (χ3v) is 3.19. The number of nitriles is 1. The first-order chi connectivity index (χ1) is 8.01. The fourth-order valence-electron chi connectivity index (χ4n) is 0.933. The van der Waals surface area contributed by atoms with Crippen LogP contribution in [0.25, 0.3) is 0 Å². The SMILES string of the molecule is CSC(=Nc1c(Br)cc(F)c(F)c1Cl)NC#N. The molecule has 0 heterocycles. The van der Waals surface area contributed by atoms with Crippen LogP contribution in [-0.4, -0.2) is 11.4 Å². The van der Waals surface area contributed by atoms with Crippen molar-refractivity contribution in [2.24, 2.45) is 4.99 Å². The highest BCUT2D eigenvalue weighted by Crippen LogP contribution is 2.37. The largest absolute Gasteiger partial charge is 0.271 e.